The van der Waals surface area contributed by atoms with Gasteiger partial charge in [0.05, 0.1) is 11.0 Å². The van der Waals surface area contributed by atoms with Crippen LogP contribution in [0.25, 0.3) is 0 Å². The first-order valence-electron chi connectivity index (χ1n) is 5.95. The maximum absolute atomic E-state index is 12.1. The highest BCUT2D eigenvalue weighted by atomic mass is 16.6. The Morgan fingerprint density at radius 3 is 2.68 bits per heavy atom. The summed E-state index contributed by atoms with van der Waals surface area (Å²) < 4.78 is 0. The van der Waals surface area contributed by atoms with Gasteiger partial charge in [0.2, 0.25) is 0 Å². The molecule has 1 aromatic rings. The van der Waals surface area contributed by atoms with E-state index in [1.165, 1.54) is 18.2 Å². The number of rotatable bonds is 4. The predicted octanol–water partition coefficient (Wildman–Crippen LogP) is 2.02. The molecule has 0 aliphatic heterocycles. The van der Waals surface area contributed by atoms with E-state index in [4.69, 9.17) is 0 Å². The number of nitriles is 1. The number of nitrogens with one attached hydrogen (secondary N) is 1. The number of nitrogens with zero attached hydrogens (tertiary/aromatic N) is 2. The molecule has 1 N–H and O–H groups in total. The number of amides is 1. The van der Waals surface area contributed by atoms with Crippen LogP contribution in [0.5, 0.6) is 0 Å². The minimum Gasteiger partial charge on any atom is -0.333 e. The predicted molar refractivity (Wildman–Crippen MR) is 67.3 cm³/mol. The van der Waals surface area contributed by atoms with Gasteiger partial charge in [-0.3, -0.25) is 14.9 Å². The largest absolute Gasteiger partial charge is 0.333 e. The van der Waals surface area contributed by atoms with Crippen molar-refractivity contribution in [3.8, 4) is 6.07 Å². The first-order valence-corrected chi connectivity index (χ1v) is 5.95. The monoisotopic (exact) mass is 259 g/mol. The molecule has 6 heteroatoms. The lowest BCUT2D eigenvalue weighted by atomic mass is 9.97. The molecule has 1 aromatic carbocycles. The molecule has 0 heterocycles. The zero-order valence-electron chi connectivity index (χ0n) is 10.4. The van der Waals surface area contributed by atoms with Crippen molar-refractivity contribution in [2.45, 2.75) is 25.3 Å². The minimum absolute atomic E-state index is 0.0189. The maximum atomic E-state index is 12.1. The summed E-state index contributed by atoms with van der Waals surface area (Å²) in [6, 6.07) is 7.81. The van der Waals surface area contributed by atoms with Crippen molar-refractivity contribution in [3.63, 3.8) is 0 Å². The zero-order valence-corrected chi connectivity index (χ0v) is 10.4. The van der Waals surface area contributed by atoms with E-state index in [0.29, 0.717) is 0 Å². The summed E-state index contributed by atoms with van der Waals surface area (Å²) in [6.07, 6.45) is 1.78. The Kier molecular flexibility index (Phi) is 3.21. The summed E-state index contributed by atoms with van der Waals surface area (Å²) in [5.74, 6) is -0.451. The molecule has 0 aromatic heterocycles. The molecule has 0 saturated heterocycles. The summed E-state index contributed by atoms with van der Waals surface area (Å²) in [5.41, 5.74) is -1.23. The summed E-state index contributed by atoms with van der Waals surface area (Å²) in [5, 5.41) is 22.7. The molecule has 0 spiro atoms. The quantitative estimate of drug-likeness (QED) is 0.660. The Bertz CT molecular complexity index is 575. The molecule has 0 unspecified atom stereocenters. The number of hydrogen-bond donors (Lipinski definition) is 1. The Morgan fingerprint density at radius 2 is 2.16 bits per heavy atom. The fourth-order valence-corrected chi connectivity index (χ4v) is 2.01. The van der Waals surface area contributed by atoms with Gasteiger partial charge in [-0.15, -0.1) is 0 Å². The van der Waals surface area contributed by atoms with Crippen molar-refractivity contribution in [1.82, 2.24) is 5.32 Å². The van der Waals surface area contributed by atoms with Crippen molar-refractivity contribution >= 4 is 11.6 Å². The van der Waals surface area contributed by atoms with Crippen molar-refractivity contribution in [1.29, 1.82) is 5.26 Å². The van der Waals surface area contributed by atoms with E-state index in [9.17, 15) is 20.2 Å². The van der Waals surface area contributed by atoms with E-state index in [0.717, 1.165) is 12.8 Å². The molecule has 98 valence electrons. The maximum Gasteiger partial charge on any atom is 0.282 e. The Hall–Kier alpha value is -2.42. The molecule has 19 heavy (non-hydrogen) atoms. The lowest BCUT2D eigenvalue weighted by Crippen LogP contribution is -2.46. The van der Waals surface area contributed by atoms with Gasteiger partial charge in [-0.25, -0.2) is 0 Å². The van der Waals surface area contributed by atoms with E-state index in [-0.39, 0.29) is 17.2 Å². The number of hydrogen-bond acceptors (Lipinski definition) is 4. The summed E-state index contributed by atoms with van der Waals surface area (Å²) in [7, 11) is 0. The molecular weight excluding hydrogens is 246 g/mol. The standard InChI is InChI=1S/C13H13N3O3/c1-13(8-14,9-6-7-9)15-12(17)10-4-2-3-5-11(10)16(18)19/h2-5,9H,6-7H2,1H3,(H,15,17)/t13-/m0/s1. The first-order chi connectivity index (χ1) is 8.98. The van der Waals surface area contributed by atoms with E-state index in [2.05, 4.69) is 11.4 Å². The number of benzene rings is 1. The molecule has 0 bridgehead atoms. The van der Waals surface area contributed by atoms with Crippen LogP contribution in [0.3, 0.4) is 0 Å². The summed E-state index contributed by atoms with van der Waals surface area (Å²) in [6.45, 7) is 1.65. The van der Waals surface area contributed by atoms with Crippen molar-refractivity contribution < 1.29 is 9.72 Å². The average molecular weight is 259 g/mol. The molecule has 1 aliphatic carbocycles. The Morgan fingerprint density at radius 1 is 1.53 bits per heavy atom. The van der Waals surface area contributed by atoms with Crippen molar-refractivity contribution in [3.05, 3.63) is 39.9 Å². The van der Waals surface area contributed by atoms with Gasteiger partial charge in [-0.2, -0.15) is 5.26 Å². The highest BCUT2D eigenvalue weighted by Gasteiger charge is 2.43. The first kappa shape index (κ1) is 13.0. The van der Waals surface area contributed by atoms with Gasteiger partial charge in [0, 0.05) is 6.07 Å². The molecule has 1 atom stereocenters. The van der Waals surface area contributed by atoms with E-state index in [1.54, 1.807) is 13.0 Å². The lowest BCUT2D eigenvalue weighted by Gasteiger charge is -2.22. The molecule has 1 fully saturated rings. The Labute approximate surface area is 110 Å². The van der Waals surface area contributed by atoms with Gasteiger partial charge < -0.3 is 5.32 Å². The Balaban J connectivity index is 2.26. The molecule has 6 nitrogen and oxygen atoms in total. The van der Waals surface area contributed by atoms with E-state index < -0.39 is 16.4 Å². The van der Waals surface area contributed by atoms with Crippen molar-refractivity contribution in [2.24, 2.45) is 5.92 Å². The van der Waals surface area contributed by atoms with Crippen LogP contribution in [-0.4, -0.2) is 16.4 Å². The topological polar surface area (TPSA) is 96.0 Å². The molecular formula is C13H13N3O3. The second-order valence-corrected chi connectivity index (χ2v) is 4.82. The van der Waals surface area contributed by atoms with Gasteiger partial charge in [0.25, 0.3) is 11.6 Å². The third-order valence-corrected chi connectivity index (χ3v) is 3.34. The number of nitro benzene ring substituents is 1. The van der Waals surface area contributed by atoms with Gasteiger partial charge in [0.15, 0.2) is 0 Å². The smallest absolute Gasteiger partial charge is 0.282 e. The minimum atomic E-state index is -0.958. The number of para-hydroxylation sites is 1. The fourth-order valence-electron chi connectivity index (χ4n) is 2.01. The summed E-state index contributed by atoms with van der Waals surface area (Å²) >= 11 is 0. The molecule has 2 rings (SSSR count). The third kappa shape index (κ3) is 2.55. The second-order valence-electron chi connectivity index (χ2n) is 4.82. The SMILES string of the molecule is C[C@@](C#N)(NC(=O)c1ccccc1[N+](=O)[O-])C1CC1. The van der Waals surface area contributed by atoms with E-state index in [1.807, 2.05) is 0 Å². The second kappa shape index (κ2) is 4.69. The van der Waals surface area contributed by atoms with Crippen LogP contribution < -0.4 is 5.32 Å². The molecule has 1 aliphatic rings. The molecule has 0 radical (unpaired) electrons. The van der Waals surface area contributed by atoms with Crippen LogP contribution in [0.2, 0.25) is 0 Å². The van der Waals surface area contributed by atoms with Crippen LogP contribution in [-0.2, 0) is 0 Å². The van der Waals surface area contributed by atoms with Gasteiger partial charge in [-0.05, 0) is 31.7 Å². The van der Waals surface area contributed by atoms with Crippen LogP contribution in [0.15, 0.2) is 24.3 Å². The number of nitro groups is 1. The average Bonchev–Trinajstić information content (AvgIpc) is 3.23. The van der Waals surface area contributed by atoms with Gasteiger partial charge in [-0.1, -0.05) is 12.1 Å². The van der Waals surface area contributed by atoms with Crippen LogP contribution >= 0.6 is 0 Å². The van der Waals surface area contributed by atoms with E-state index >= 15 is 0 Å². The third-order valence-electron chi connectivity index (χ3n) is 3.34. The number of carbonyl (C=O) groups excluding carboxylic acids is 1. The van der Waals surface area contributed by atoms with Crippen LogP contribution in [0.4, 0.5) is 5.69 Å². The number of carbonyl (C=O) groups is 1. The normalized spacial score (nSPS) is 17.1. The lowest BCUT2D eigenvalue weighted by molar-refractivity contribution is -0.385. The molecule has 1 amide bonds. The van der Waals surface area contributed by atoms with Crippen LogP contribution in [0.1, 0.15) is 30.1 Å². The van der Waals surface area contributed by atoms with Crippen LogP contribution in [0, 0.1) is 27.4 Å². The highest BCUT2D eigenvalue weighted by molar-refractivity contribution is 5.98. The van der Waals surface area contributed by atoms with Gasteiger partial charge in [0.1, 0.15) is 11.1 Å². The molecule has 1 saturated carbocycles. The highest BCUT2D eigenvalue weighted by Crippen LogP contribution is 2.39. The summed E-state index contributed by atoms with van der Waals surface area (Å²) in [4.78, 5) is 22.4. The van der Waals surface area contributed by atoms with Gasteiger partial charge >= 0.3 is 0 Å². The fraction of sp³-hybridized carbons (Fsp3) is 0.385. The zero-order chi connectivity index (χ0) is 14.0. The van der Waals surface area contributed by atoms with Crippen molar-refractivity contribution in [2.75, 3.05) is 0 Å².